The molecule has 6 heteroatoms. The first-order valence-corrected chi connectivity index (χ1v) is 8.71. The van der Waals surface area contributed by atoms with Crippen molar-refractivity contribution in [2.24, 2.45) is 0 Å². The molecule has 2 aromatic carbocycles. The third-order valence-corrected chi connectivity index (χ3v) is 4.44. The molecule has 0 radical (unpaired) electrons. The zero-order chi connectivity index (χ0) is 18.5. The van der Waals surface area contributed by atoms with Crippen LogP contribution in [0.3, 0.4) is 0 Å². The highest BCUT2D eigenvalue weighted by Gasteiger charge is 2.14. The molecule has 1 aromatic heterocycles. The molecule has 6 nitrogen and oxygen atoms in total. The molecule has 0 fully saturated rings. The molecule has 0 unspecified atom stereocenters. The van der Waals surface area contributed by atoms with Gasteiger partial charge in [-0.05, 0) is 43.2 Å². The van der Waals surface area contributed by atoms with E-state index in [9.17, 15) is 9.59 Å². The van der Waals surface area contributed by atoms with Gasteiger partial charge in [0.15, 0.2) is 0 Å². The van der Waals surface area contributed by atoms with E-state index in [0.717, 1.165) is 28.8 Å². The lowest BCUT2D eigenvalue weighted by Gasteiger charge is -2.07. The first-order chi connectivity index (χ1) is 12.6. The van der Waals surface area contributed by atoms with E-state index < -0.39 is 0 Å². The van der Waals surface area contributed by atoms with Gasteiger partial charge >= 0.3 is 5.69 Å². The monoisotopic (exact) mass is 353 g/mol. The number of hydrogen-bond acceptors (Lipinski definition) is 3. The summed E-state index contributed by atoms with van der Waals surface area (Å²) in [7, 11) is 1.63. The molecule has 26 heavy (non-hydrogen) atoms. The smallest absolute Gasteiger partial charge is 0.329 e. The van der Waals surface area contributed by atoms with E-state index in [1.807, 2.05) is 55.5 Å². The summed E-state index contributed by atoms with van der Waals surface area (Å²) in [5, 5.41) is 2.89. The molecule has 0 aliphatic rings. The summed E-state index contributed by atoms with van der Waals surface area (Å²) in [5.74, 6) is 0.643. The van der Waals surface area contributed by atoms with Crippen molar-refractivity contribution in [1.82, 2.24) is 14.5 Å². The van der Waals surface area contributed by atoms with Gasteiger partial charge in [0.25, 0.3) is 0 Å². The van der Waals surface area contributed by atoms with Crippen LogP contribution in [0.5, 0.6) is 5.75 Å². The predicted molar refractivity (Wildman–Crippen MR) is 102 cm³/mol. The molecule has 0 saturated carbocycles. The number of methoxy groups -OCH3 is 1. The first kappa shape index (κ1) is 17.8. The lowest BCUT2D eigenvalue weighted by Crippen LogP contribution is -2.34. The van der Waals surface area contributed by atoms with Crippen molar-refractivity contribution >= 4 is 16.9 Å². The molecule has 0 aliphatic heterocycles. The van der Waals surface area contributed by atoms with Crippen molar-refractivity contribution in [3.63, 3.8) is 0 Å². The van der Waals surface area contributed by atoms with Crippen molar-refractivity contribution in [2.75, 3.05) is 13.7 Å². The minimum absolute atomic E-state index is 0.0228. The van der Waals surface area contributed by atoms with Crippen LogP contribution in [0.2, 0.25) is 0 Å². The molecule has 0 atom stereocenters. The standard InChI is InChI=1S/C20H23N3O3/c1-3-22-17-6-4-5-7-18(17)23(20(22)25)14-19(24)21-13-12-15-8-10-16(26-2)11-9-15/h4-11H,3,12-14H2,1-2H3,(H,21,24). The average molecular weight is 353 g/mol. The second kappa shape index (κ2) is 7.91. The number of para-hydroxylation sites is 2. The molecule has 1 heterocycles. The summed E-state index contributed by atoms with van der Waals surface area (Å²) in [4.78, 5) is 24.8. The Morgan fingerprint density at radius 1 is 1.04 bits per heavy atom. The van der Waals surface area contributed by atoms with Gasteiger partial charge in [-0.25, -0.2) is 4.79 Å². The fraction of sp³-hybridized carbons (Fsp3) is 0.300. The topological polar surface area (TPSA) is 65.3 Å². The first-order valence-electron chi connectivity index (χ1n) is 8.71. The molecule has 0 aliphatic carbocycles. The molecule has 0 spiro atoms. The number of aryl methyl sites for hydroxylation is 1. The van der Waals surface area contributed by atoms with Crippen LogP contribution in [0.15, 0.2) is 53.3 Å². The third-order valence-electron chi connectivity index (χ3n) is 4.44. The lowest BCUT2D eigenvalue weighted by molar-refractivity contribution is -0.121. The second-order valence-electron chi connectivity index (χ2n) is 6.05. The Bertz CT molecular complexity index is 955. The van der Waals surface area contributed by atoms with E-state index in [1.165, 1.54) is 4.57 Å². The van der Waals surface area contributed by atoms with Crippen LogP contribution in [0.1, 0.15) is 12.5 Å². The van der Waals surface area contributed by atoms with Crippen molar-refractivity contribution in [2.45, 2.75) is 26.4 Å². The number of nitrogens with one attached hydrogen (secondary N) is 1. The van der Waals surface area contributed by atoms with Gasteiger partial charge in [0.05, 0.1) is 18.1 Å². The van der Waals surface area contributed by atoms with Gasteiger partial charge in [0, 0.05) is 13.1 Å². The van der Waals surface area contributed by atoms with Gasteiger partial charge in [0.1, 0.15) is 12.3 Å². The van der Waals surface area contributed by atoms with Crippen molar-refractivity contribution in [1.29, 1.82) is 0 Å². The third kappa shape index (κ3) is 3.64. The molecule has 3 rings (SSSR count). The maximum atomic E-state index is 12.5. The number of amides is 1. The second-order valence-corrected chi connectivity index (χ2v) is 6.05. The van der Waals surface area contributed by atoms with E-state index in [1.54, 1.807) is 11.7 Å². The highest BCUT2D eigenvalue weighted by atomic mass is 16.5. The summed E-state index contributed by atoms with van der Waals surface area (Å²) in [5.41, 5.74) is 2.60. The van der Waals surface area contributed by atoms with Crippen LogP contribution in [0, 0.1) is 0 Å². The van der Waals surface area contributed by atoms with Gasteiger partial charge in [0.2, 0.25) is 5.91 Å². The number of fused-ring (bicyclic) bond motifs is 1. The molecule has 0 bridgehead atoms. The van der Waals surface area contributed by atoms with Crippen LogP contribution >= 0.6 is 0 Å². The van der Waals surface area contributed by atoms with Crippen molar-refractivity contribution in [3.8, 4) is 5.75 Å². The maximum absolute atomic E-state index is 12.5. The number of rotatable bonds is 7. The van der Waals surface area contributed by atoms with Crippen LogP contribution in [-0.4, -0.2) is 28.7 Å². The summed E-state index contributed by atoms with van der Waals surface area (Å²) in [6, 6.07) is 15.3. The predicted octanol–water partition coefficient (Wildman–Crippen LogP) is 2.19. The number of hydrogen-bond donors (Lipinski definition) is 1. The molecule has 136 valence electrons. The fourth-order valence-corrected chi connectivity index (χ4v) is 3.07. The summed E-state index contributed by atoms with van der Waals surface area (Å²) >= 11 is 0. The largest absolute Gasteiger partial charge is 0.497 e. The zero-order valence-electron chi connectivity index (χ0n) is 15.1. The van der Waals surface area contributed by atoms with Gasteiger partial charge < -0.3 is 10.1 Å². The summed E-state index contributed by atoms with van der Waals surface area (Å²) < 4.78 is 8.34. The summed E-state index contributed by atoms with van der Waals surface area (Å²) in [6.07, 6.45) is 0.724. The van der Waals surface area contributed by atoms with Crippen LogP contribution in [0.4, 0.5) is 0 Å². The van der Waals surface area contributed by atoms with Gasteiger partial charge in [-0.1, -0.05) is 24.3 Å². The maximum Gasteiger partial charge on any atom is 0.329 e. The Morgan fingerprint density at radius 3 is 2.31 bits per heavy atom. The molecule has 0 saturated heterocycles. The number of carbonyl (C=O) groups is 1. The van der Waals surface area contributed by atoms with Crippen molar-refractivity contribution < 1.29 is 9.53 Å². The highest BCUT2D eigenvalue weighted by Crippen LogP contribution is 2.13. The molecular weight excluding hydrogens is 330 g/mol. The highest BCUT2D eigenvalue weighted by molar-refractivity contribution is 5.80. The Morgan fingerprint density at radius 2 is 1.69 bits per heavy atom. The SMILES string of the molecule is CCn1c(=O)n(CC(=O)NCCc2ccc(OC)cc2)c2ccccc21. The number of ether oxygens (including phenoxy) is 1. The lowest BCUT2D eigenvalue weighted by atomic mass is 10.1. The molecule has 1 amide bonds. The number of imidazole rings is 1. The van der Waals surface area contributed by atoms with Gasteiger partial charge in [-0.15, -0.1) is 0 Å². The van der Waals surface area contributed by atoms with E-state index in [-0.39, 0.29) is 18.1 Å². The van der Waals surface area contributed by atoms with E-state index in [2.05, 4.69) is 5.32 Å². The Labute approximate surface area is 152 Å². The van der Waals surface area contributed by atoms with E-state index in [4.69, 9.17) is 4.74 Å². The zero-order valence-corrected chi connectivity index (χ0v) is 15.1. The van der Waals surface area contributed by atoms with Crippen LogP contribution in [0.25, 0.3) is 11.0 Å². The molecule has 3 aromatic rings. The quantitative estimate of drug-likeness (QED) is 0.708. The molecule has 1 N–H and O–H groups in total. The Balaban J connectivity index is 1.64. The summed E-state index contributed by atoms with van der Waals surface area (Å²) in [6.45, 7) is 3.04. The number of nitrogens with zero attached hydrogens (tertiary/aromatic N) is 2. The average Bonchev–Trinajstić information content (AvgIpc) is 2.93. The van der Waals surface area contributed by atoms with Gasteiger partial charge in [-0.3, -0.25) is 13.9 Å². The fourth-order valence-electron chi connectivity index (χ4n) is 3.07. The van der Waals surface area contributed by atoms with Crippen molar-refractivity contribution in [3.05, 3.63) is 64.6 Å². The van der Waals surface area contributed by atoms with Crippen LogP contribution in [-0.2, 0) is 24.3 Å². The number of carbonyl (C=O) groups excluding carboxylic acids is 1. The molecular formula is C20H23N3O3. The normalized spacial score (nSPS) is 10.8. The Hall–Kier alpha value is -3.02. The minimum Gasteiger partial charge on any atom is -0.497 e. The number of aromatic nitrogens is 2. The van der Waals surface area contributed by atoms with Gasteiger partial charge in [-0.2, -0.15) is 0 Å². The Kier molecular flexibility index (Phi) is 5.41. The number of benzene rings is 2. The van der Waals surface area contributed by atoms with Crippen LogP contribution < -0.4 is 15.7 Å². The van der Waals surface area contributed by atoms with E-state index in [0.29, 0.717) is 13.1 Å². The van der Waals surface area contributed by atoms with E-state index >= 15 is 0 Å². The minimum atomic E-state index is -0.167.